The van der Waals surface area contributed by atoms with Crippen molar-refractivity contribution in [1.82, 2.24) is 15.0 Å². The Morgan fingerprint density at radius 2 is 2.09 bits per heavy atom. The van der Waals surface area contributed by atoms with E-state index in [1.54, 1.807) is 24.5 Å². The van der Waals surface area contributed by atoms with Crippen LogP contribution in [0.5, 0.6) is 5.75 Å². The summed E-state index contributed by atoms with van der Waals surface area (Å²) in [6, 6.07) is 6.92. The van der Waals surface area contributed by atoms with Crippen LogP contribution < -0.4 is 15.4 Å². The minimum absolute atomic E-state index is 0.0714. The molecule has 0 bridgehead atoms. The van der Waals surface area contributed by atoms with E-state index in [1.807, 2.05) is 32.9 Å². The lowest BCUT2D eigenvalue weighted by Gasteiger charge is -2.13. The van der Waals surface area contributed by atoms with Crippen molar-refractivity contribution in [3.63, 3.8) is 0 Å². The summed E-state index contributed by atoms with van der Waals surface area (Å²) in [4.78, 5) is 16.5. The fourth-order valence-electron chi connectivity index (χ4n) is 1.85. The van der Waals surface area contributed by atoms with Gasteiger partial charge in [0.25, 0.3) is 0 Å². The predicted octanol–water partition coefficient (Wildman–Crippen LogP) is 3.55. The van der Waals surface area contributed by atoms with Gasteiger partial charge in [-0.05, 0) is 62.5 Å². The number of rotatable bonds is 5. The van der Waals surface area contributed by atoms with Crippen LogP contribution in [0, 0.1) is 6.92 Å². The second-order valence-corrected chi connectivity index (χ2v) is 6.18. The maximum atomic E-state index is 11.7. The second-order valence-electron chi connectivity index (χ2n) is 5.33. The molecule has 6 nitrogen and oxygen atoms in total. The summed E-state index contributed by atoms with van der Waals surface area (Å²) in [5.41, 5.74) is 2.45. The Morgan fingerprint density at radius 1 is 1.30 bits per heavy atom. The Kier molecular flexibility index (Phi) is 5.70. The average Bonchev–Trinajstić information content (AvgIpc) is 2.49. The average molecular weight is 332 g/mol. The van der Waals surface area contributed by atoms with Gasteiger partial charge in [-0.15, -0.1) is 0 Å². The van der Waals surface area contributed by atoms with Crippen molar-refractivity contribution < 1.29 is 9.90 Å². The molecule has 2 rings (SSSR count). The molecule has 0 radical (unpaired) electrons. The molecule has 2 amide bonds. The highest BCUT2D eigenvalue weighted by Crippen LogP contribution is 2.28. The summed E-state index contributed by atoms with van der Waals surface area (Å²) >= 11 is 1.19. The molecular weight excluding hydrogens is 312 g/mol. The summed E-state index contributed by atoms with van der Waals surface area (Å²) < 4.78 is 2.72. The van der Waals surface area contributed by atoms with Gasteiger partial charge in [0.2, 0.25) is 0 Å². The summed E-state index contributed by atoms with van der Waals surface area (Å²) in [7, 11) is 0. The summed E-state index contributed by atoms with van der Waals surface area (Å²) in [5.74, 6) is 0.256. The van der Waals surface area contributed by atoms with Crippen molar-refractivity contribution in [2.45, 2.75) is 31.7 Å². The maximum Gasteiger partial charge on any atom is 0.325 e. The number of pyridine rings is 1. The number of nitrogens with one attached hydrogen (secondary N) is 3. The Morgan fingerprint density at radius 3 is 2.78 bits per heavy atom. The minimum Gasteiger partial charge on any atom is -0.508 e. The molecule has 23 heavy (non-hydrogen) atoms. The molecule has 0 unspecified atom stereocenters. The van der Waals surface area contributed by atoms with Crippen molar-refractivity contribution >= 4 is 29.4 Å². The van der Waals surface area contributed by atoms with E-state index in [0.717, 1.165) is 21.8 Å². The number of hydrogen-bond donors (Lipinski definition) is 4. The van der Waals surface area contributed by atoms with Crippen LogP contribution in [0.25, 0.3) is 0 Å². The number of carbonyl (C=O) groups is 1. The number of anilines is 2. The van der Waals surface area contributed by atoms with Gasteiger partial charge in [0.1, 0.15) is 5.75 Å². The molecule has 0 fully saturated rings. The van der Waals surface area contributed by atoms with Crippen molar-refractivity contribution in [3.05, 3.63) is 42.2 Å². The maximum absolute atomic E-state index is 11.7. The first kappa shape index (κ1) is 17.0. The third kappa shape index (κ3) is 5.07. The molecule has 0 saturated heterocycles. The van der Waals surface area contributed by atoms with Crippen molar-refractivity contribution in [2.75, 3.05) is 5.32 Å². The molecule has 0 spiro atoms. The Labute approximate surface area is 139 Å². The number of aromatic nitrogens is 1. The Bertz CT molecular complexity index is 692. The molecule has 2 aromatic rings. The van der Waals surface area contributed by atoms with Gasteiger partial charge in [-0.1, -0.05) is 0 Å². The van der Waals surface area contributed by atoms with Crippen LogP contribution >= 0.6 is 11.9 Å². The summed E-state index contributed by atoms with van der Waals surface area (Å²) in [5, 5.41) is 15.6. The fraction of sp³-hybridized carbons (Fsp3) is 0.250. The molecule has 0 saturated carbocycles. The molecule has 4 N–H and O–H groups in total. The molecule has 7 heteroatoms. The van der Waals surface area contributed by atoms with E-state index < -0.39 is 0 Å². The van der Waals surface area contributed by atoms with Gasteiger partial charge in [-0.3, -0.25) is 9.71 Å². The van der Waals surface area contributed by atoms with Gasteiger partial charge in [0, 0.05) is 24.1 Å². The molecule has 122 valence electrons. The van der Waals surface area contributed by atoms with E-state index in [-0.39, 0.29) is 17.8 Å². The number of amides is 2. The molecular formula is C16H20N4O2S. The van der Waals surface area contributed by atoms with E-state index in [0.29, 0.717) is 0 Å². The van der Waals surface area contributed by atoms with E-state index in [1.165, 1.54) is 11.9 Å². The highest BCUT2D eigenvalue weighted by Gasteiger charge is 2.08. The molecule has 0 aliphatic carbocycles. The van der Waals surface area contributed by atoms with Crippen LogP contribution in [0.2, 0.25) is 0 Å². The lowest BCUT2D eigenvalue weighted by Crippen LogP contribution is -2.36. The van der Waals surface area contributed by atoms with Crippen LogP contribution in [-0.4, -0.2) is 22.2 Å². The van der Waals surface area contributed by atoms with Crippen molar-refractivity contribution in [2.24, 2.45) is 0 Å². The molecule has 0 aliphatic heterocycles. The largest absolute Gasteiger partial charge is 0.508 e. The van der Waals surface area contributed by atoms with E-state index in [2.05, 4.69) is 20.3 Å². The summed E-state index contributed by atoms with van der Waals surface area (Å²) in [6.07, 6.45) is 3.35. The van der Waals surface area contributed by atoms with Crippen LogP contribution in [0.3, 0.4) is 0 Å². The fourth-order valence-corrected chi connectivity index (χ4v) is 2.45. The second kappa shape index (κ2) is 7.73. The topological polar surface area (TPSA) is 86.3 Å². The van der Waals surface area contributed by atoms with Crippen molar-refractivity contribution in [1.29, 1.82) is 0 Å². The zero-order valence-electron chi connectivity index (χ0n) is 13.3. The van der Waals surface area contributed by atoms with Gasteiger partial charge in [0.15, 0.2) is 0 Å². The third-order valence-electron chi connectivity index (χ3n) is 2.93. The highest BCUT2D eigenvalue weighted by molar-refractivity contribution is 7.98. The zero-order chi connectivity index (χ0) is 16.8. The van der Waals surface area contributed by atoms with Crippen LogP contribution in [-0.2, 0) is 0 Å². The predicted molar refractivity (Wildman–Crippen MR) is 93.0 cm³/mol. The van der Waals surface area contributed by atoms with Gasteiger partial charge >= 0.3 is 6.03 Å². The Hall–Kier alpha value is -2.41. The van der Waals surface area contributed by atoms with E-state index in [9.17, 15) is 9.90 Å². The number of hydrogen-bond acceptors (Lipinski definition) is 5. The van der Waals surface area contributed by atoms with Crippen LogP contribution in [0.1, 0.15) is 19.4 Å². The minimum atomic E-state index is -0.250. The molecule has 0 atom stereocenters. The lowest BCUT2D eigenvalue weighted by molar-refractivity contribution is 0.244. The van der Waals surface area contributed by atoms with E-state index in [4.69, 9.17) is 0 Å². The summed E-state index contributed by atoms with van der Waals surface area (Å²) in [6.45, 7) is 5.63. The lowest BCUT2D eigenvalue weighted by atomic mass is 10.2. The monoisotopic (exact) mass is 332 g/mol. The number of benzene rings is 1. The van der Waals surface area contributed by atoms with Crippen molar-refractivity contribution in [3.8, 4) is 5.75 Å². The van der Waals surface area contributed by atoms with Gasteiger partial charge < -0.3 is 15.7 Å². The number of nitrogens with zero attached hydrogens (tertiary/aromatic N) is 1. The Balaban J connectivity index is 2.08. The number of phenolic OH excluding ortho intramolecular Hbond substituents is 1. The number of carbonyl (C=O) groups excluding carboxylic acids is 1. The number of aromatic hydroxyl groups is 1. The van der Waals surface area contributed by atoms with Gasteiger partial charge in [0.05, 0.1) is 10.6 Å². The first-order chi connectivity index (χ1) is 11.0. The first-order valence-electron chi connectivity index (χ1n) is 7.19. The molecule has 1 heterocycles. The van der Waals surface area contributed by atoms with Crippen LogP contribution in [0.4, 0.5) is 16.2 Å². The third-order valence-corrected chi connectivity index (χ3v) is 3.77. The smallest absolute Gasteiger partial charge is 0.325 e. The molecule has 1 aromatic heterocycles. The molecule has 0 aliphatic rings. The quantitative estimate of drug-likeness (QED) is 0.497. The van der Waals surface area contributed by atoms with Crippen LogP contribution in [0.15, 0.2) is 41.6 Å². The standard InChI is InChI=1S/C16H20N4O2S/c1-10(2)18-16(22)20-23-15-9-17-7-6-13(15)19-12-4-5-14(21)11(3)8-12/h4-10,21H,1-3H3,(H,17,19)(H2,18,20,22). The number of phenols is 1. The zero-order valence-corrected chi connectivity index (χ0v) is 14.1. The first-order valence-corrected chi connectivity index (χ1v) is 8.01. The number of aryl methyl sites for hydroxylation is 1. The van der Waals surface area contributed by atoms with Gasteiger partial charge in [-0.25, -0.2) is 4.79 Å². The normalized spacial score (nSPS) is 10.4. The van der Waals surface area contributed by atoms with Gasteiger partial charge in [-0.2, -0.15) is 0 Å². The SMILES string of the molecule is Cc1cc(Nc2ccncc2SNC(=O)NC(C)C)ccc1O. The number of urea groups is 1. The highest BCUT2D eigenvalue weighted by atomic mass is 32.2. The van der Waals surface area contributed by atoms with E-state index >= 15 is 0 Å². The molecule has 1 aromatic carbocycles.